The summed E-state index contributed by atoms with van der Waals surface area (Å²) in [7, 11) is -3.83. The van der Waals surface area contributed by atoms with E-state index in [0.29, 0.717) is 16.4 Å². The van der Waals surface area contributed by atoms with Crippen molar-refractivity contribution in [3.63, 3.8) is 0 Å². The zero-order valence-electron chi connectivity index (χ0n) is 11.4. The molecule has 0 unspecified atom stereocenters. The van der Waals surface area contributed by atoms with E-state index in [1.807, 2.05) is 0 Å². The molecule has 21 heavy (non-hydrogen) atoms. The van der Waals surface area contributed by atoms with Gasteiger partial charge < -0.3 is 5.73 Å². The van der Waals surface area contributed by atoms with Crippen molar-refractivity contribution in [1.82, 2.24) is 0 Å². The van der Waals surface area contributed by atoms with Gasteiger partial charge in [-0.3, -0.25) is 4.72 Å². The number of sulfonamides is 1. The molecule has 0 aliphatic rings. The van der Waals surface area contributed by atoms with Gasteiger partial charge in [-0.2, -0.15) is 0 Å². The van der Waals surface area contributed by atoms with Crippen LogP contribution in [0.5, 0.6) is 0 Å². The number of hydrogen-bond acceptors (Lipinski definition) is 3. The molecule has 4 nitrogen and oxygen atoms in total. The Labute approximate surface area is 133 Å². The molecule has 112 valence electrons. The van der Waals surface area contributed by atoms with E-state index in [9.17, 15) is 8.42 Å². The Morgan fingerprint density at radius 3 is 2.19 bits per heavy atom. The first-order valence-electron chi connectivity index (χ1n) is 6.05. The fraction of sp³-hybridized carbons (Fsp3) is 0.143. The van der Waals surface area contributed by atoms with Crippen LogP contribution in [0.2, 0.25) is 10.0 Å². The van der Waals surface area contributed by atoms with Crippen molar-refractivity contribution in [2.75, 3.05) is 10.5 Å². The fourth-order valence-electron chi connectivity index (χ4n) is 2.03. The van der Waals surface area contributed by atoms with Gasteiger partial charge in [0.15, 0.2) is 0 Å². The van der Waals surface area contributed by atoms with Crippen molar-refractivity contribution in [1.29, 1.82) is 0 Å². The molecular formula is C14H14Cl2N2O2S. The molecule has 0 aromatic heterocycles. The summed E-state index contributed by atoms with van der Waals surface area (Å²) in [4.78, 5) is -0.0627. The number of aryl methyl sites for hydroxylation is 2. The summed E-state index contributed by atoms with van der Waals surface area (Å²) in [6, 6.07) is 7.69. The maximum absolute atomic E-state index is 12.5. The Balaban J connectivity index is 2.50. The van der Waals surface area contributed by atoms with Crippen LogP contribution in [0.1, 0.15) is 11.1 Å². The molecule has 0 heterocycles. The van der Waals surface area contributed by atoms with Crippen LogP contribution in [0.4, 0.5) is 11.4 Å². The Kier molecular flexibility index (Phi) is 4.37. The van der Waals surface area contributed by atoms with Gasteiger partial charge in [0.1, 0.15) is 4.90 Å². The first-order valence-corrected chi connectivity index (χ1v) is 8.29. The van der Waals surface area contributed by atoms with Gasteiger partial charge in [0, 0.05) is 10.7 Å². The molecule has 0 saturated carbocycles. The van der Waals surface area contributed by atoms with Crippen LogP contribution in [-0.2, 0) is 10.0 Å². The van der Waals surface area contributed by atoms with E-state index >= 15 is 0 Å². The lowest BCUT2D eigenvalue weighted by atomic mass is 10.1. The average Bonchev–Trinajstić information content (AvgIpc) is 2.36. The third kappa shape index (κ3) is 3.43. The van der Waals surface area contributed by atoms with Crippen LogP contribution in [0.3, 0.4) is 0 Å². The van der Waals surface area contributed by atoms with Gasteiger partial charge in [0.05, 0.1) is 10.7 Å². The van der Waals surface area contributed by atoms with Gasteiger partial charge in [-0.15, -0.1) is 0 Å². The van der Waals surface area contributed by atoms with Crippen LogP contribution in [0.25, 0.3) is 0 Å². The van der Waals surface area contributed by atoms with E-state index in [1.165, 1.54) is 18.2 Å². The zero-order chi connectivity index (χ0) is 15.8. The number of benzene rings is 2. The number of anilines is 2. The van der Waals surface area contributed by atoms with Crippen molar-refractivity contribution in [3.05, 3.63) is 51.5 Å². The van der Waals surface area contributed by atoms with Gasteiger partial charge in [0.25, 0.3) is 10.0 Å². The van der Waals surface area contributed by atoms with Crippen molar-refractivity contribution < 1.29 is 8.42 Å². The molecule has 3 N–H and O–H groups in total. The highest BCUT2D eigenvalue weighted by molar-refractivity contribution is 7.92. The van der Waals surface area contributed by atoms with E-state index < -0.39 is 10.0 Å². The minimum atomic E-state index is -3.83. The van der Waals surface area contributed by atoms with E-state index in [-0.39, 0.29) is 9.92 Å². The Hall–Kier alpha value is -1.43. The van der Waals surface area contributed by atoms with Crippen LogP contribution >= 0.6 is 23.2 Å². The number of halogens is 2. The maximum Gasteiger partial charge on any atom is 0.263 e. The molecule has 7 heteroatoms. The molecule has 2 rings (SSSR count). The molecule has 0 fully saturated rings. The van der Waals surface area contributed by atoms with Crippen molar-refractivity contribution in [3.8, 4) is 0 Å². The summed E-state index contributed by atoms with van der Waals surface area (Å²) in [6.45, 7) is 3.56. The highest BCUT2D eigenvalue weighted by Gasteiger charge is 2.20. The zero-order valence-corrected chi connectivity index (χ0v) is 13.8. The van der Waals surface area contributed by atoms with Crippen LogP contribution < -0.4 is 10.5 Å². The number of nitrogens with two attached hydrogens (primary N) is 1. The summed E-state index contributed by atoms with van der Waals surface area (Å²) in [5, 5.41) is 0.406. The Bertz CT molecular complexity index is 782. The van der Waals surface area contributed by atoms with Crippen molar-refractivity contribution in [2.45, 2.75) is 18.7 Å². The molecular weight excluding hydrogens is 331 g/mol. The lowest BCUT2D eigenvalue weighted by Gasteiger charge is -2.15. The summed E-state index contributed by atoms with van der Waals surface area (Å²) < 4.78 is 27.5. The van der Waals surface area contributed by atoms with Crippen LogP contribution in [0, 0.1) is 13.8 Å². The molecule has 2 aromatic carbocycles. The molecule has 0 bridgehead atoms. The standard InChI is InChI=1S/C14H14Cl2N2O2S/c1-8-5-11(17)6-9(2)14(8)18-21(19,20)13-7-10(15)3-4-12(13)16/h3-7,18H,17H2,1-2H3. The lowest BCUT2D eigenvalue weighted by molar-refractivity contribution is 0.601. The Morgan fingerprint density at radius 1 is 1.05 bits per heavy atom. The summed E-state index contributed by atoms with van der Waals surface area (Å²) in [5.74, 6) is 0. The van der Waals surface area contributed by atoms with E-state index in [0.717, 1.165) is 11.1 Å². The highest BCUT2D eigenvalue weighted by Crippen LogP contribution is 2.30. The SMILES string of the molecule is Cc1cc(N)cc(C)c1NS(=O)(=O)c1cc(Cl)ccc1Cl. The summed E-state index contributed by atoms with van der Waals surface area (Å²) >= 11 is 11.8. The smallest absolute Gasteiger partial charge is 0.263 e. The normalized spacial score (nSPS) is 11.4. The van der Waals surface area contributed by atoms with Crippen molar-refractivity contribution in [2.24, 2.45) is 0 Å². The first-order chi connectivity index (χ1) is 9.70. The van der Waals surface area contributed by atoms with Crippen molar-refractivity contribution >= 4 is 44.6 Å². The van der Waals surface area contributed by atoms with E-state index in [1.54, 1.807) is 26.0 Å². The van der Waals surface area contributed by atoms with E-state index in [2.05, 4.69) is 4.72 Å². The second-order valence-electron chi connectivity index (χ2n) is 4.71. The minimum Gasteiger partial charge on any atom is -0.399 e. The minimum absolute atomic E-state index is 0.0627. The number of hydrogen-bond donors (Lipinski definition) is 2. The van der Waals surface area contributed by atoms with Gasteiger partial charge >= 0.3 is 0 Å². The monoisotopic (exact) mass is 344 g/mol. The van der Waals surface area contributed by atoms with Gasteiger partial charge in [-0.1, -0.05) is 23.2 Å². The predicted octanol–water partition coefficient (Wildman–Crippen LogP) is 3.99. The molecule has 0 aliphatic heterocycles. The molecule has 2 aromatic rings. The van der Waals surface area contributed by atoms with Gasteiger partial charge in [0.2, 0.25) is 0 Å². The number of rotatable bonds is 3. The fourth-order valence-corrected chi connectivity index (χ4v) is 4.00. The average molecular weight is 345 g/mol. The first kappa shape index (κ1) is 15.9. The molecule has 0 aliphatic carbocycles. The lowest BCUT2D eigenvalue weighted by Crippen LogP contribution is -2.15. The second kappa shape index (κ2) is 5.75. The highest BCUT2D eigenvalue weighted by atomic mass is 35.5. The molecule has 0 spiro atoms. The maximum atomic E-state index is 12.5. The molecule has 0 radical (unpaired) electrons. The second-order valence-corrected chi connectivity index (χ2v) is 7.20. The van der Waals surface area contributed by atoms with Gasteiger partial charge in [-0.05, 0) is 55.3 Å². The molecule has 0 amide bonds. The number of nitrogen functional groups attached to an aromatic ring is 1. The Morgan fingerprint density at radius 2 is 1.62 bits per heavy atom. The summed E-state index contributed by atoms with van der Waals surface area (Å²) in [6.07, 6.45) is 0. The predicted molar refractivity (Wildman–Crippen MR) is 87.6 cm³/mol. The van der Waals surface area contributed by atoms with Crippen LogP contribution in [-0.4, -0.2) is 8.42 Å². The molecule has 0 saturated heterocycles. The topological polar surface area (TPSA) is 72.2 Å². The van der Waals surface area contributed by atoms with Gasteiger partial charge in [-0.25, -0.2) is 8.42 Å². The third-order valence-corrected chi connectivity index (χ3v) is 5.04. The number of nitrogens with one attached hydrogen (secondary N) is 1. The third-order valence-electron chi connectivity index (χ3n) is 2.97. The van der Waals surface area contributed by atoms with E-state index in [4.69, 9.17) is 28.9 Å². The largest absolute Gasteiger partial charge is 0.399 e. The van der Waals surface area contributed by atoms with Crippen LogP contribution in [0.15, 0.2) is 35.2 Å². The summed E-state index contributed by atoms with van der Waals surface area (Å²) in [5.41, 5.74) is 8.26. The quantitative estimate of drug-likeness (QED) is 0.826. The molecule has 0 atom stereocenters.